The summed E-state index contributed by atoms with van der Waals surface area (Å²) in [5.74, 6) is 0.697. The highest BCUT2D eigenvalue weighted by atomic mass is 16.5. The fraction of sp³-hybridized carbons (Fsp3) is 0.500. The Kier molecular flexibility index (Phi) is 6.00. The van der Waals surface area contributed by atoms with E-state index in [1.807, 2.05) is 19.1 Å². The Morgan fingerprint density at radius 2 is 2.18 bits per heavy atom. The molecule has 0 aliphatic rings. The lowest BCUT2D eigenvalue weighted by Crippen LogP contribution is -2.13. The third kappa shape index (κ3) is 4.81. The zero-order valence-corrected chi connectivity index (χ0v) is 10.2. The van der Waals surface area contributed by atoms with Gasteiger partial charge >= 0.3 is 0 Å². The molecule has 1 rings (SSSR count). The molecule has 0 amide bonds. The van der Waals surface area contributed by atoms with Crippen molar-refractivity contribution < 1.29 is 9.47 Å². The van der Waals surface area contributed by atoms with Gasteiger partial charge in [-0.2, -0.15) is 5.26 Å². The molecule has 5 heteroatoms. The van der Waals surface area contributed by atoms with Crippen LogP contribution >= 0.6 is 0 Å². The van der Waals surface area contributed by atoms with Crippen molar-refractivity contribution in [1.29, 1.82) is 5.26 Å². The smallest absolute Gasteiger partial charge is 0.145 e. The molecule has 0 atom stereocenters. The molecule has 0 unspecified atom stereocenters. The average Bonchev–Trinajstić information content (AvgIpc) is 2.35. The first-order valence-electron chi connectivity index (χ1n) is 5.46. The Hall–Kier alpha value is -1.64. The highest BCUT2D eigenvalue weighted by Gasteiger charge is 2.00. The van der Waals surface area contributed by atoms with Gasteiger partial charge in [0.05, 0.1) is 19.8 Å². The molecule has 0 aromatic carbocycles. The number of ether oxygens (including phenoxy) is 2. The zero-order chi connectivity index (χ0) is 12.5. The SMILES string of the molecule is COCCOCCNc1ccc(C)c(C#N)n1. The van der Waals surface area contributed by atoms with Crippen LogP contribution < -0.4 is 5.32 Å². The van der Waals surface area contributed by atoms with E-state index in [9.17, 15) is 0 Å². The Labute approximate surface area is 101 Å². The van der Waals surface area contributed by atoms with Crippen molar-refractivity contribution in [3.8, 4) is 6.07 Å². The number of methoxy groups -OCH3 is 1. The van der Waals surface area contributed by atoms with Crippen LogP contribution in [0.3, 0.4) is 0 Å². The molecule has 0 spiro atoms. The van der Waals surface area contributed by atoms with E-state index in [4.69, 9.17) is 14.7 Å². The number of rotatable bonds is 7. The van der Waals surface area contributed by atoms with Crippen LogP contribution in [-0.4, -0.2) is 38.5 Å². The molecule has 92 valence electrons. The molecule has 17 heavy (non-hydrogen) atoms. The fourth-order valence-electron chi connectivity index (χ4n) is 1.24. The van der Waals surface area contributed by atoms with Gasteiger partial charge in [-0.25, -0.2) is 4.98 Å². The van der Waals surface area contributed by atoms with Crippen molar-refractivity contribution in [3.63, 3.8) is 0 Å². The highest BCUT2D eigenvalue weighted by Crippen LogP contribution is 2.08. The Bertz CT molecular complexity index is 388. The Morgan fingerprint density at radius 1 is 1.35 bits per heavy atom. The number of nitrogens with zero attached hydrogens (tertiary/aromatic N) is 2. The molecule has 1 aromatic rings. The molecule has 1 N–H and O–H groups in total. The summed E-state index contributed by atoms with van der Waals surface area (Å²) in [6, 6.07) is 5.78. The van der Waals surface area contributed by atoms with Crippen LogP contribution in [0.4, 0.5) is 5.82 Å². The average molecular weight is 235 g/mol. The largest absolute Gasteiger partial charge is 0.382 e. The van der Waals surface area contributed by atoms with Gasteiger partial charge in [-0.3, -0.25) is 0 Å². The van der Waals surface area contributed by atoms with E-state index < -0.39 is 0 Å². The summed E-state index contributed by atoms with van der Waals surface area (Å²) >= 11 is 0. The number of aryl methyl sites for hydroxylation is 1. The minimum absolute atomic E-state index is 0.454. The number of nitriles is 1. The summed E-state index contributed by atoms with van der Waals surface area (Å²) in [6.45, 7) is 4.29. The van der Waals surface area contributed by atoms with Crippen molar-refractivity contribution >= 4 is 5.82 Å². The van der Waals surface area contributed by atoms with Gasteiger partial charge in [0, 0.05) is 13.7 Å². The van der Waals surface area contributed by atoms with E-state index >= 15 is 0 Å². The van der Waals surface area contributed by atoms with Gasteiger partial charge < -0.3 is 14.8 Å². The summed E-state index contributed by atoms with van der Waals surface area (Å²) in [5.41, 5.74) is 1.34. The molecular formula is C12H17N3O2. The second-order valence-electron chi connectivity index (χ2n) is 3.51. The molecule has 1 aromatic heterocycles. The zero-order valence-electron chi connectivity index (χ0n) is 10.2. The van der Waals surface area contributed by atoms with E-state index in [1.54, 1.807) is 7.11 Å². The van der Waals surface area contributed by atoms with Crippen LogP contribution in [0, 0.1) is 18.3 Å². The quantitative estimate of drug-likeness (QED) is 0.722. The molecule has 5 nitrogen and oxygen atoms in total. The summed E-state index contributed by atoms with van der Waals surface area (Å²) in [7, 11) is 1.64. The minimum atomic E-state index is 0.454. The monoisotopic (exact) mass is 235 g/mol. The van der Waals surface area contributed by atoms with Crippen LogP contribution in [0.1, 0.15) is 11.3 Å². The summed E-state index contributed by atoms with van der Waals surface area (Å²) < 4.78 is 10.2. The van der Waals surface area contributed by atoms with E-state index in [0.29, 0.717) is 37.9 Å². The van der Waals surface area contributed by atoms with Crippen molar-refractivity contribution in [2.45, 2.75) is 6.92 Å². The number of aromatic nitrogens is 1. The molecule has 0 aliphatic carbocycles. The van der Waals surface area contributed by atoms with Gasteiger partial charge in [-0.15, -0.1) is 0 Å². The van der Waals surface area contributed by atoms with Crippen molar-refractivity contribution in [2.75, 3.05) is 38.8 Å². The lowest BCUT2D eigenvalue weighted by molar-refractivity contribution is 0.0759. The number of hydrogen-bond donors (Lipinski definition) is 1. The molecule has 0 saturated carbocycles. The van der Waals surface area contributed by atoms with Crippen molar-refractivity contribution in [2.24, 2.45) is 0 Å². The Balaban J connectivity index is 2.30. The standard InChI is InChI=1S/C12H17N3O2/c1-10-3-4-12(15-11(10)9-13)14-5-6-17-8-7-16-2/h3-4H,5-8H2,1-2H3,(H,14,15). The molecule has 1 heterocycles. The van der Waals surface area contributed by atoms with Crippen LogP contribution in [0.25, 0.3) is 0 Å². The van der Waals surface area contributed by atoms with Gasteiger partial charge in [0.15, 0.2) is 0 Å². The number of pyridine rings is 1. The van der Waals surface area contributed by atoms with Gasteiger partial charge in [-0.05, 0) is 18.6 Å². The predicted octanol–water partition coefficient (Wildman–Crippen LogP) is 1.34. The van der Waals surface area contributed by atoms with Crippen LogP contribution in [0.5, 0.6) is 0 Å². The van der Waals surface area contributed by atoms with E-state index in [2.05, 4.69) is 16.4 Å². The molecule has 0 fully saturated rings. The third-order valence-electron chi connectivity index (χ3n) is 2.19. The maximum atomic E-state index is 8.83. The maximum Gasteiger partial charge on any atom is 0.145 e. The lowest BCUT2D eigenvalue weighted by Gasteiger charge is -2.07. The number of nitrogens with one attached hydrogen (secondary N) is 1. The fourth-order valence-corrected chi connectivity index (χ4v) is 1.24. The van der Waals surface area contributed by atoms with Crippen molar-refractivity contribution in [3.05, 3.63) is 23.4 Å². The molecule has 0 radical (unpaired) electrons. The second kappa shape index (κ2) is 7.60. The normalized spacial score (nSPS) is 9.94. The molecule has 0 saturated heterocycles. The maximum absolute atomic E-state index is 8.83. The summed E-state index contributed by atoms with van der Waals surface area (Å²) in [4.78, 5) is 4.17. The lowest BCUT2D eigenvalue weighted by atomic mass is 10.2. The molecule has 0 aliphatic heterocycles. The molecule has 0 bridgehead atoms. The van der Waals surface area contributed by atoms with E-state index in [0.717, 1.165) is 5.56 Å². The number of anilines is 1. The number of hydrogen-bond acceptors (Lipinski definition) is 5. The highest BCUT2D eigenvalue weighted by molar-refractivity contribution is 5.42. The van der Waals surface area contributed by atoms with Gasteiger partial charge in [0.1, 0.15) is 17.6 Å². The van der Waals surface area contributed by atoms with Crippen LogP contribution in [0.15, 0.2) is 12.1 Å². The summed E-state index contributed by atoms with van der Waals surface area (Å²) in [6.07, 6.45) is 0. The first kappa shape index (κ1) is 13.4. The first-order valence-corrected chi connectivity index (χ1v) is 5.46. The van der Waals surface area contributed by atoms with Crippen LogP contribution in [0.2, 0.25) is 0 Å². The topological polar surface area (TPSA) is 67.2 Å². The molecular weight excluding hydrogens is 218 g/mol. The van der Waals surface area contributed by atoms with E-state index in [1.165, 1.54) is 0 Å². The summed E-state index contributed by atoms with van der Waals surface area (Å²) in [5, 5.41) is 11.9. The predicted molar refractivity (Wildman–Crippen MR) is 64.9 cm³/mol. The minimum Gasteiger partial charge on any atom is -0.382 e. The van der Waals surface area contributed by atoms with Gasteiger partial charge in [-0.1, -0.05) is 6.07 Å². The third-order valence-corrected chi connectivity index (χ3v) is 2.19. The van der Waals surface area contributed by atoms with Gasteiger partial charge in [0.25, 0.3) is 0 Å². The van der Waals surface area contributed by atoms with Crippen LogP contribution in [-0.2, 0) is 9.47 Å². The van der Waals surface area contributed by atoms with Gasteiger partial charge in [0.2, 0.25) is 0 Å². The van der Waals surface area contributed by atoms with E-state index in [-0.39, 0.29) is 0 Å². The second-order valence-corrected chi connectivity index (χ2v) is 3.51. The first-order chi connectivity index (χ1) is 8.27. The Morgan fingerprint density at radius 3 is 2.88 bits per heavy atom. The van der Waals surface area contributed by atoms with Crippen molar-refractivity contribution in [1.82, 2.24) is 4.98 Å².